The summed E-state index contributed by atoms with van der Waals surface area (Å²) in [4.78, 5) is 15.9. The number of aryl methyl sites for hydroxylation is 1. The van der Waals surface area contributed by atoms with Crippen LogP contribution in [0.3, 0.4) is 0 Å². The number of aliphatic hydroxyl groups excluding tert-OH is 2. The van der Waals surface area contributed by atoms with Crippen molar-refractivity contribution in [2.45, 2.75) is 19.4 Å². The molecule has 3 rings (SSSR count). The Labute approximate surface area is 191 Å². The molecular formula is C22H21BrF2N2O5. The molecule has 0 fully saturated rings. The zero-order chi connectivity index (χ0) is 23.4. The minimum Gasteiger partial charge on any atom is -0.478 e. The number of carbonyl (C=O) groups excluding carboxylic acids is 1. The Kier molecular flexibility index (Phi) is 7.60. The molecule has 3 aromatic rings. The van der Waals surface area contributed by atoms with Gasteiger partial charge in [0.1, 0.15) is 17.1 Å². The molecule has 0 radical (unpaired) electrons. The maximum Gasteiger partial charge on any atom is 0.254 e. The van der Waals surface area contributed by atoms with E-state index < -0.39 is 40.9 Å². The van der Waals surface area contributed by atoms with E-state index in [9.17, 15) is 23.8 Å². The minimum atomic E-state index is -1.29. The van der Waals surface area contributed by atoms with Crippen molar-refractivity contribution in [3.05, 3.63) is 69.7 Å². The van der Waals surface area contributed by atoms with Gasteiger partial charge in [0.15, 0.2) is 22.3 Å². The highest BCUT2D eigenvalue weighted by molar-refractivity contribution is 9.10. The molecular weight excluding hydrogens is 490 g/mol. The van der Waals surface area contributed by atoms with Crippen molar-refractivity contribution < 1.29 is 32.9 Å². The number of nitrogens with zero attached hydrogens (tertiary/aromatic N) is 1. The van der Waals surface area contributed by atoms with Gasteiger partial charge in [-0.1, -0.05) is 29.8 Å². The van der Waals surface area contributed by atoms with Crippen molar-refractivity contribution in [1.29, 1.82) is 0 Å². The third-order valence-electron chi connectivity index (χ3n) is 4.84. The summed E-state index contributed by atoms with van der Waals surface area (Å²) in [6.45, 7) is 1.20. The molecule has 0 spiro atoms. The quantitative estimate of drug-likeness (QED) is 0.401. The highest BCUT2D eigenvalue weighted by atomic mass is 79.9. The fraction of sp³-hybridized carbons (Fsp3) is 0.273. The molecule has 2 aromatic carbocycles. The number of rotatable bonds is 9. The number of aromatic nitrogens is 1. The second-order valence-electron chi connectivity index (χ2n) is 7.21. The fourth-order valence-corrected chi connectivity index (χ4v) is 3.54. The lowest BCUT2D eigenvalue weighted by Crippen LogP contribution is -2.21. The number of amides is 1. The molecule has 1 unspecified atom stereocenters. The zero-order valence-electron chi connectivity index (χ0n) is 17.0. The van der Waals surface area contributed by atoms with Crippen LogP contribution in [-0.4, -0.2) is 34.3 Å². The summed E-state index contributed by atoms with van der Waals surface area (Å²) < 4.78 is 40.2. The Morgan fingerprint density at radius 1 is 1.19 bits per heavy atom. The summed E-state index contributed by atoms with van der Waals surface area (Å²) in [5.74, 6) is -4.73. The molecule has 10 heteroatoms. The molecule has 170 valence electrons. The topological polar surface area (TPSA) is 119 Å². The molecule has 7 nitrogen and oxygen atoms in total. The van der Waals surface area contributed by atoms with Crippen LogP contribution in [0.15, 0.2) is 45.5 Å². The summed E-state index contributed by atoms with van der Waals surface area (Å²) in [5.41, 5.74) is 6.41. The summed E-state index contributed by atoms with van der Waals surface area (Å²) in [5, 5.41) is 19.0. The van der Waals surface area contributed by atoms with Crippen molar-refractivity contribution >= 4 is 21.8 Å². The zero-order valence-corrected chi connectivity index (χ0v) is 18.6. The molecule has 4 N–H and O–H groups in total. The van der Waals surface area contributed by atoms with E-state index in [2.05, 4.69) is 20.9 Å². The van der Waals surface area contributed by atoms with E-state index >= 15 is 0 Å². The summed E-state index contributed by atoms with van der Waals surface area (Å²) in [6.07, 6.45) is -1.08. The third-order valence-corrected chi connectivity index (χ3v) is 5.38. The second kappa shape index (κ2) is 10.2. The highest BCUT2D eigenvalue weighted by Gasteiger charge is 2.28. The molecule has 0 bridgehead atoms. The van der Waals surface area contributed by atoms with Gasteiger partial charge >= 0.3 is 0 Å². The summed E-state index contributed by atoms with van der Waals surface area (Å²) in [7, 11) is 0. The van der Waals surface area contributed by atoms with Crippen LogP contribution in [0, 0.1) is 24.5 Å². The number of nitrogens with two attached hydrogens (primary N) is 1. The van der Waals surface area contributed by atoms with Gasteiger partial charge in [-0.2, -0.15) is 0 Å². The number of benzene rings is 2. The van der Waals surface area contributed by atoms with Crippen molar-refractivity contribution in [2.24, 2.45) is 11.7 Å². The van der Waals surface area contributed by atoms with Crippen molar-refractivity contribution in [3.8, 4) is 17.0 Å². The Bertz CT molecular complexity index is 1100. The number of primary amides is 1. The third kappa shape index (κ3) is 5.14. The largest absolute Gasteiger partial charge is 0.478 e. The van der Waals surface area contributed by atoms with Crippen LogP contribution in [0.1, 0.15) is 34.3 Å². The predicted molar refractivity (Wildman–Crippen MR) is 115 cm³/mol. The van der Waals surface area contributed by atoms with Gasteiger partial charge in [0.25, 0.3) is 5.91 Å². The number of carbonyl (C=O) groups is 1. The van der Waals surface area contributed by atoms with Gasteiger partial charge in [0, 0.05) is 31.1 Å². The second-order valence-corrected chi connectivity index (χ2v) is 7.93. The number of aliphatic hydroxyl groups is 2. The Hall–Kier alpha value is -2.82. The average Bonchev–Trinajstić information content (AvgIpc) is 3.14. The van der Waals surface area contributed by atoms with E-state index in [-0.39, 0.29) is 25.5 Å². The maximum absolute atomic E-state index is 14.7. The first-order valence-electron chi connectivity index (χ1n) is 9.64. The first kappa shape index (κ1) is 23.8. The van der Waals surface area contributed by atoms with Crippen LogP contribution >= 0.6 is 15.9 Å². The SMILES string of the molecule is Cc1ccc(-c2nc(C(CC(CO)CO)Oc3ccc(F)c(C(N)=O)c3F)oc2Br)cc1. The van der Waals surface area contributed by atoms with Gasteiger partial charge in [-0.15, -0.1) is 0 Å². The first-order chi connectivity index (χ1) is 15.2. The molecule has 0 aliphatic heterocycles. The van der Waals surface area contributed by atoms with E-state index in [0.29, 0.717) is 10.4 Å². The molecule has 1 atom stereocenters. The van der Waals surface area contributed by atoms with Crippen molar-refractivity contribution in [3.63, 3.8) is 0 Å². The first-order valence-corrected chi connectivity index (χ1v) is 10.4. The van der Waals surface area contributed by atoms with Crippen LogP contribution in [0.5, 0.6) is 5.75 Å². The number of halogens is 3. The smallest absolute Gasteiger partial charge is 0.254 e. The van der Waals surface area contributed by atoms with E-state index in [0.717, 1.165) is 23.3 Å². The van der Waals surface area contributed by atoms with Crippen LogP contribution in [0.4, 0.5) is 8.78 Å². The molecule has 1 amide bonds. The molecule has 0 saturated carbocycles. The van der Waals surface area contributed by atoms with E-state index in [4.69, 9.17) is 14.9 Å². The number of ether oxygens (including phenoxy) is 1. The standard InChI is InChI=1S/C22H21BrF2N2O5/c1-11-2-4-13(5-3-11)19-20(23)32-22(27-19)16(8-12(9-28)10-29)31-15-7-6-14(24)17(18(15)25)21(26)30/h2-7,12,16,28-29H,8-10H2,1H3,(H2,26,30). The lowest BCUT2D eigenvalue weighted by atomic mass is 10.0. The normalized spacial score (nSPS) is 12.2. The Morgan fingerprint density at radius 2 is 1.84 bits per heavy atom. The van der Waals surface area contributed by atoms with Crippen LogP contribution < -0.4 is 10.5 Å². The summed E-state index contributed by atoms with van der Waals surface area (Å²) >= 11 is 3.31. The molecule has 0 aliphatic rings. The van der Waals surface area contributed by atoms with Gasteiger partial charge in [0.05, 0.1) is 0 Å². The van der Waals surface area contributed by atoms with Gasteiger partial charge in [-0.05, 0) is 35.0 Å². The lowest BCUT2D eigenvalue weighted by Gasteiger charge is -2.21. The fourth-order valence-electron chi connectivity index (χ4n) is 3.06. The molecule has 0 saturated heterocycles. The van der Waals surface area contributed by atoms with Gasteiger partial charge < -0.3 is 25.1 Å². The predicted octanol–water partition coefficient (Wildman–Crippen LogP) is 3.90. The lowest BCUT2D eigenvalue weighted by molar-refractivity contribution is 0.0792. The number of hydrogen-bond acceptors (Lipinski definition) is 6. The Balaban J connectivity index is 2.01. The molecule has 1 heterocycles. The van der Waals surface area contributed by atoms with Crippen LogP contribution in [0.2, 0.25) is 0 Å². The molecule has 32 heavy (non-hydrogen) atoms. The Morgan fingerprint density at radius 3 is 2.44 bits per heavy atom. The number of oxazole rings is 1. The molecule has 0 aliphatic carbocycles. The van der Waals surface area contributed by atoms with E-state index in [1.54, 1.807) is 0 Å². The monoisotopic (exact) mass is 510 g/mol. The average molecular weight is 511 g/mol. The summed E-state index contributed by atoms with van der Waals surface area (Å²) in [6, 6.07) is 9.36. The van der Waals surface area contributed by atoms with Crippen LogP contribution in [-0.2, 0) is 0 Å². The molecule has 1 aromatic heterocycles. The van der Waals surface area contributed by atoms with Crippen molar-refractivity contribution in [1.82, 2.24) is 4.98 Å². The van der Waals surface area contributed by atoms with Gasteiger partial charge in [0.2, 0.25) is 5.89 Å². The minimum absolute atomic E-state index is 0.00396. The van der Waals surface area contributed by atoms with Gasteiger partial charge in [-0.3, -0.25) is 4.79 Å². The van der Waals surface area contributed by atoms with Crippen molar-refractivity contribution in [2.75, 3.05) is 13.2 Å². The van der Waals surface area contributed by atoms with Crippen LogP contribution in [0.25, 0.3) is 11.3 Å². The number of hydrogen-bond donors (Lipinski definition) is 3. The maximum atomic E-state index is 14.7. The van der Waals surface area contributed by atoms with E-state index in [1.165, 1.54) is 0 Å². The van der Waals surface area contributed by atoms with Gasteiger partial charge in [-0.25, -0.2) is 13.8 Å². The highest BCUT2D eigenvalue weighted by Crippen LogP contribution is 2.36. The van der Waals surface area contributed by atoms with E-state index in [1.807, 2.05) is 31.2 Å².